The minimum atomic E-state index is -0.111. The molecule has 0 bridgehead atoms. The molecule has 0 aliphatic heterocycles. The highest BCUT2D eigenvalue weighted by atomic mass is 79.9. The van der Waals surface area contributed by atoms with Crippen molar-refractivity contribution in [3.05, 3.63) is 27.7 Å². The lowest BCUT2D eigenvalue weighted by Gasteiger charge is -2.10. The van der Waals surface area contributed by atoms with Crippen molar-refractivity contribution in [2.24, 2.45) is 5.84 Å². The Morgan fingerprint density at radius 2 is 1.89 bits per heavy atom. The van der Waals surface area contributed by atoms with Crippen molar-refractivity contribution >= 4 is 21.8 Å². The number of halogens is 1. The van der Waals surface area contributed by atoms with E-state index in [2.05, 4.69) is 35.2 Å². The van der Waals surface area contributed by atoms with Gasteiger partial charge in [0.25, 0.3) is 0 Å². The Morgan fingerprint density at radius 1 is 1.26 bits per heavy atom. The van der Waals surface area contributed by atoms with Crippen molar-refractivity contribution in [3.8, 4) is 5.75 Å². The lowest BCUT2D eigenvalue weighted by molar-refractivity contribution is -0.121. The fourth-order valence-electron chi connectivity index (χ4n) is 1.82. The number of hydrogen-bond acceptors (Lipinski definition) is 3. The number of benzene rings is 1. The summed E-state index contributed by atoms with van der Waals surface area (Å²) < 4.78 is 6.84. The average molecular weight is 329 g/mol. The predicted octanol–water partition coefficient (Wildman–Crippen LogP) is 3.00. The third-order valence-electron chi connectivity index (χ3n) is 2.89. The Morgan fingerprint density at radius 3 is 2.47 bits per heavy atom. The summed E-state index contributed by atoms with van der Waals surface area (Å²) in [5, 5.41) is 0. The molecule has 0 heterocycles. The number of nitrogens with one attached hydrogen (secondary N) is 1. The van der Waals surface area contributed by atoms with E-state index in [1.807, 2.05) is 12.1 Å². The highest BCUT2D eigenvalue weighted by molar-refractivity contribution is 9.10. The van der Waals surface area contributed by atoms with Crippen LogP contribution in [0.2, 0.25) is 0 Å². The summed E-state index contributed by atoms with van der Waals surface area (Å²) in [6.45, 7) is 4.77. The van der Waals surface area contributed by atoms with E-state index in [9.17, 15) is 4.79 Å². The van der Waals surface area contributed by atoms with Crippen LogP contribution >= 0.6 is 15.9 Å². The van der Waals surface area contributed by atoms with Gasteiger partial charge in [-0.05, 0) is 56.4 Å². The third-order valence-corrected chi connectivity index (χ3v) is 4.14. The molecule has 0 saturated heterocycles. The Labute approximate surface area is 122 Å². The fourth-order valence-corrected chi connectivity index (χ4v) is 2.05. The highest BCUT2D eigenvalue weighted by Gasteiger charge is 2.03. The second-order valence-corrected chi connectivity index (χ2v) is 5.39. The van der Waals surface area contributed by atoms with Crippen LogP contribution in [0.3, 0.4) is 0 Å². The van der Waals surface area contributed by atoms with Crippen LogP contribution in [0.15, 0.2) is 16.6 Å². The van der Waals surface area contributed by atoms with Gasteiger partial charge in [0.05, 0.1) is 6.61 Å². The molecule has 0 aromatic heterocycles. The smallest absolute Gasteiger partial charge is 0.233 e. The summed E-state index contributed by atoms with van der Waals surface area (Å²) in [5.41, 5.74) is 4.48. The molecule has 1 amide bonds. The summed E-state index contributed by atoms with van der Waals surface area (Å²) >= 11 is 3.53. The molecule has 0 radical (unpaired) electrons. The van der Waals surface area contributed by atoms with E-state index in [0.717, 1.165) is 29.5 Å². The van der Waals surface area contributed by atoms with Gasteiger partial charge < -0.3 is 4.74 Å². The van der Waals surface area contributed by atoms with E-state index in [-0.39, 0.29) is 5.91 Å². The van der Waals surface area contributed by atoms with Gasteiger partial charge in [0.15, 0.2) is 0 Å². The second kappa shape index (κ2) is 8.17. The maximum absolute atomic E-state index is 10.9. The number of rotatable bonds is 7. The number of carbonyl (C=O) groups excluding carboxylic acids is 1. The predicted molar refractivity (Wildman–Crippen MR) is 79.9 cm³/mol. The minimum Gasteiger partial charge on any atom is -0.494 e. The van der Waals surface area contributed by atoms with Crippen LogP contribution < -0.4 is 16.0 Å². The minimum absolute atomic E-state index is 0.111. The Balaban J connectivity index is 2.25. The Hall–Kier alpha value is -1.07. The van der Waals surface area contributed by atoms with E-state index in [4.69, 9.17) is 10.6 Å². The highest BCUT2D eigenvalue weighted by Crippen LogP contribution is 2.26. The van der Waals surface area contributed by atoms with Crippen molar-refractivity contribution in [2.75, 3.05) is 6.61 Å². The zero-order chi connectivity index (χ0) is 14.3. The molecule has 106 valence electrons. The molecule has 0 saturated carbocycles. The number of carbonyl (C=O) groups is 1. The first kappa shape index (κ1) is 16.0. The van der Waals surface area contributed by atoms with Crippen LogP contribution in [0.5, 0.6) is 5.75 Å². The number of amides is 1. The van der Waals surface area contributed by atoms with Crippen LogP contribution in [-0.2, 0) is 4.79 Å². The van der Waals surface area contributed by atoms with Crippen LogP contribution in [0.4, 0.5) is 0 Å². The van der Waals surface area contributed by atoms with Gasteiger partial charge in [0, 0.05) is 10.9 Å². The summed E-state index contributed by atoms with van der Waals surface area (Å²) in [6, 6.07) is 4.05. The molecular weight excluding hydrogens is 308 g/mol. The monoisotopic (exact) mass is 328 g/mol. The van der Waals surface area contributed by atoms with Gasteiger partial charge in [0.1, 0.15) is 5.75 Å². The van der Waals surface area contributed by atoms with Crippen molar-refractivity contribution in [2.45, 2.75) is 39.5 Å². The van der Waals surface area contributed by atoms with Gasteiger partial charge >= 0.3 is 0 Å². The van der Waals surface area contributed by atoms with E-state index in [0.29, 0.717) is 13.0 Å². The second-order valence-electron chi connectivity index (χ2n) is 4.60. The van der Waals surface area contributed by atoms with Gasteiger partial charge in [0.2, 0.25) is 5.91 Å². The van der Waals surface area contributed by atoms with Crippen molar-refractivity contribution < 1.29 is 9.53 Å². The van der Waals surface area contributed by atoms with Gasteiger partial charge in [-0.2, -0.15) is 0 Å². The molecule has 4 nitrogen and oxygen atoms in total. The Kier molecular flexibility index (Phi) is 6.87. The number of hydrogen-bond donors (Lipinski definition) is 2. The molecule has 0 unspecified atom stereocenters. The van der Waals surface area contributed by atoms with Crippen LogP contribution in [0.1, 0.15) is 36.8 Å². The van der Waals surface area contributed by atoms with E-state index < -0.39 is 0 Å². The number of nitrogens with two attached hydrogens (primary N) is 1. The standard InChI is InChI=1S/C14H21BrN2O2/c1-10-8-12(9-11(2)14(10)15)19-7-5-3-4-6-13(18)17-16/h8-9H,3-7,16H2,1-2H3,(H,17,18). The van der Waals surface area contributed by atoms with Crippen LogP contribution in [0, 0.1) is 13.8 Å². The lowest BCUT2D eigenvalue weighted by Crippen LogP contribution is -2.29. The van der Waals surface area contributed by atoms with E-state index in [1.165, 1.54) is 11.1 Å². The van der Waals surface area contributed by atoms with Gasteiger partial charge in [-0.25, -0.2) is 5.84 Å². The molecular formula is C14H21BrN2O2. The summed E-state index contributed by atoms with van der Waals surface area (Å²) in [5.74, 6) is 5.79. The zero-order valence-electron chi connectivity index (χ0n) is 11.5. The van der Waals surface area contributed by atoms with Crippen molar-refractivity contribution in [1.29, 1.82) is 0 Å². The van der Waals surface area contributed by atoms with Gasteiger partial charge in [-0.1, -0.05) is 15.9 Å². The average Bonchev–Trinajstić information content (AvgIpc) is 2.39. The quantitative estimate of drug-likeness (QED) is 0.350. The molecule has 1 rings (SSSR count). The van der Waals surface area contributed by atoms with Crippen LogP contribution in [0.25, 0.3) is 0 Å². The lowest BCUT2D eigenvalue weighted by atomic mass is 10.1. The summed E-state index contributed by atoms with van der Waals surface area (Å²) in [4.78, 5) is 10.9. The first-order valence-corrected chi connectivity index (χ1v) is 7.23. The molecule has 19 heavy (non-hydrogen) atoms. The topological polar surface area (TPSA) is 64.3 Å². The number of unbranched alkanes of at least 4 members (excludes halogenated alkanes) is 2. The molecule has 3 N–H and O–H groups in total. The molecule has 1 aromatic rings. The van der Waals surface area contributed by atoms with Gasteiger partial charge in [-0.3, -0.25) is 10.2 Å². The van der Waals surface area contributed by atoms with E-state index in [1.54, 1.807) is 0 Å². The number of ether oxygens (including phenoxy) is 1. The molecule has 5 heteroatoms. The van der Waals surface area contributed by atoms with Crippen molar-refractivity contribution in [1.82, 2.24) is 5.43 Å². The molecule has 1 aromatic carbocycles. The molecule has 0 aliphatic carbocycles. The van der Waals surface area contributed by atoms with E-state index >= 15 is 0 Å². The fraction of sp³-hybridized carbons (Fsp3) is 0.500. The van der Waals surface area contributed by atoms with Crippen LogP contribution in [-0.4, -0.2) is 12.5 Å². The summed E-state index contributed by atoms with van der Waals surface area (Å²) in [7, 11) is 0. The van der Waals surface area contributed by atoms with Crippen molar-refractivity contribution in [3.63, 3.8) is 0 Å². The Bertz CT molecular complexity index is 412. The maximum Gasteiger partial charge on any atom is 0.233 e. The SMILES string of the molecule is Cc1cc(OCCCCCC(=O)NN)cc(C)c1Br. The molecule has 0 spiro atoms. The molecule has 0 atom stereocenters. The first-order valence-electron chi connectivity index (χ1n) is 6.43. The zero-order valence-corrected chi connectivity index (χ0v) is 13.0. The number of aryl methyl sites for hydroxylation is 2. The largest absolute Gasteiger partial charge is 0.494 e. The summed E-state index contributed by atoms with van der Waals surface area (Å²) in [6.07, 6.45) is 3.21. The number of hydrazine groups is 1. The third kappa shape index (κ3) is 5.61. The molecule has 0 fully saturated rings. The van der Waals surface area contributed by atoms with Gasteiger partial charge in [-0.15, -0.1) is 0 Å². The normalized spacial score (nSPS) is 10.3. The molecule has 0 aliphatic rings. The first-order chi connectivity index (χ1) is 9.04. The maximum atomic E-state index is 10.9.